The van der Waals surface area contributed by atoms with E-state index in [1.54, 1.807) is 15.9 Å². The fraction of sp³-hybridized carbons (Fsp3) is 0.385. The molecule has 0 saturated heterocycles. The first kappa shape index (κ1) is 23.9. The van der Waals surface area contributed by atoms with Crippen molar-refractivity contribution in [2.24, 2.45) is 0 Å². The minimum Gasteiger partial charge on any atom is -0.444 e. The molecule has 0 bridgehead atoms. The zero-order valence-corrected chi connectivity index (χ0v) is 20.0. The summed E-state index contributed by atoms with van der Waals surface area (Å²) in [6, 6.07) is 13.6. The average Bonchev–Trinajstić information content (AvgIpc) is 2.75. The third-order valence-corrected chi connectivity index (χ3v) is 5.74. The lowest BCUT2D eigenvalue weighted by molar-refractivity contribution is -0.126. The van der Waals surface area contributed by atoms with E-state index in [1.807, 2.05) is 76.2 Å². The van der Waals surface area contributed by atoms with Gasteiger partial charge in [0.2, 0.25) is 5.91 Å². The summed E-state index contributed by atoms with van der Waals surface area (Å²) >= 11 is 6.26. The molecule has 5 nitrogen and oxygen atoms in total. The van der Waals surface area contributed by atoms with Crippen molar-refractivity contribution < 1.29 is 14.3 Å². The van der Waals surface area contributed by atoms with E-state index in [4.69, 9.17) is 16.3 Å². The van der Waals surface area contributed by atoms with Crippen LogP contribution >= 0.6 is 11.6 Å². The number of carbonyl (C=O) groups is 2. The van der Waals surface area contributed by atoms with Gasteiger partial charge in [-0.1, -0.05) is 48.0 Å². The fourth-order valence-corrected chi connectivity index (χ4v) is 3.92. The summed E-state index contributed by atoms with van der Waals surface area (Å²) in [5, 5.41) is 0.661. The van der Waals surface area contributed by atoms with Crippen LogP contribution in [0.25, 0.3) is 6.08 Å². The first-order chi connectivity index (χ1) is 15.2. The van der Waals surface area contributed by atoms with Crippen molar-refractivity contribution in [3.63, 3.8) is 0 Å². The summed E-state index contributed by atoms with van der Waals surface area (Å²) in [6.07, 6.45) is 3.92. The summed E-state index contributed by atoms with van der Waals surface area (Å²) in [5.74, 6) is -0.0591. The van der Waals surface area contributed by atoms with Crippen LogP contribution in [0.5, 0.6) is 0 Å². The Morgan fingerprint density at radius 3 is 2.59 bits per heavy atom. The van der Waals surface area contributed by atoms with E-state index in [0.29, 0.717) is 31.2 Å². The Bertz CT molecular complexity index is 1010. The predicted molar refractivity (Wildman–Crippen MR) is 128 cm³/mol. The van der Waals surface area contributed by atoms with Gasteiger partial charge in [0.15, 0.2) is 0 Å². The molecule has 1 heterocycles. The highest BCUT2D eigenvalue weighted by Crippen LogP contribution is 2.25. The first-order valence-corrected chi connectivity index (χ1v) is 11.3. The molecule has 0 spiro atoms. The SMILES string of the molecule is CCN(Cc1ccccc1Cl)C(=O)/C=C/c1cccc2c1CCN(C(=O)OC(C)(C)C)C2. The number of ether oxygens (including phenoxy) is 1. The van der Waals surface area contributed by atoms with E-state index in [9.17, 15) is 9.59 Å². The molecule has 32 heavy (non-hydrogen) atoms. The number of likely N-dealkylation sites (N-methyl/N-ethyl adjacent to an activating group) is 1. The minimum absolute atomic E-state index is 0.0591. The third kappa shape index (κ3) is 6.13. The van der Waals surface area contributed by atoms with Crippen molar-refractivity contribution in [1.82, 2.24) is 9.80 Å². The van der Waals surface area contributed by atoms with Crippen LogP contribution in [-0.2, 0) is 29.0 Å². The molecule has 3 rings (SSSR count). The maximum atomic E-state index is 12.8. The standard InChI is InChI=1S/C26H31ClN2O3/c1-5-28(18-21-9-6-7-12-23(21)27)24(30)14-13-19-10-8-11-20-17-29(16-15-22(19)20)25(31)32-26(2,3)4/h6-14H,5,15-18H2,1-4H3/b14-13+. The third-order valence-electron chi connectivity index (χ3n) is 5.37. The Labute approximate surface area is 195 Å². The van der Waals surface area contributed by atoms with Crippen molar-refractivity contribution in [1.29, 1.82) is 0 Å². The van der Waals surface area contributed by atoms with Crippen molar-refractivity contribution in [3.05, 3.63) is 75.8 Å². The highest BCUT2D eigenvalue weighted by atomic mass is 35.5. The van der Waals surface area contributed by atoms with Gasteiger partial charge in [-0.15, -0.1) is 0 Å². The fourth-order valence-electron chi connectivity index (χ4n) is 3.72. The Kier molecular flexibility index (Phi) is 7.62. The molecule has 6 heteroatoms. The Hall–Kier alpha value is -2.79. The lowest BCUT2D eigenvalue weighted by Gasteiger charge is -2.31. The number of amides is 2. The molecule has 0 unspecified atom stereocenters. The highest BCUT2D eigenvalue weighted by Gasteiger charge is 2.26. The number of halogens is 1. The number of benzene rings is 2. The zero-order chi connectivity index (χ0) is 23.3. The Morgan fingerprint density at radius 2 is 1.91 bits per heavy atom. The largest absolute Gasteiger partial charge is 0.444 e. The Morgan fingerprint density at radius 1 is 1.16 bits per heavy atom. The predicted octanol–water partition coefficient (Wildman–Crippen LogP) is 5.70. The minimum atomic E-state index is -0.516. The van der Waals surface area contributed by atoms with Crippen LogP contribution in [0.3, 0.4) is 0 Å². The number of nitrogens with zero attached hydrogens (tertiary/aromatic N) is 2. The zero-order valence-electron chi connectivity index (χ0n) is 19.2. The van der Waals surface area contributed by atoms with Crippen LogP contribution in [0.2, 0.25) is 5.02 Å². The van der Waals surface area contributed by atoms with E-state index < -0.39 is 5.60 Å². The summed E-state index contributed by atoms with van der Waals surface area (Å²) in [5.41, 5.74) is 3.67. The van der Waals surface area contributed by atoms with Gasteiger partial charge in [0.05, 0.1) is 0 Å². The number of rotatable bonds is 5. The van der Waals surface area contributed by atoms with Crippen LogP contribution in [0.4, 0.5) is 4.79 Å². The highest BCUT2D eigenvalue weighted by molar-refractivity contribution is 6.31. The van der Waals surface area contributed by atoms with Crippen LogP contribution in [0.1, 0.15) is 49.9 Å². The number of fused-ring (bicyclic) bond motifs is 1. The molecule has 0 N–H and O–H groups in total. The molecule has 170 valence electrons. The van der Waals surface area contributed by atoms with E-state index >= 15 is 0 Å². The Balaban J connectivity index is 1.71. The van der Waals surface area contributed by atoms with E-state index in [2.05, 4.69) is 0 Å². The maximum Gasteiger partial charge on any atom is 0.410 e. The lowest BCUT2D eigenvalue weighted by Crippen LogP contribution is -2.40. The second kappa shape index (κ2) is 10.2. The molecule has 2 aromatic rings. The van der Waals surface area contributed by atoms with E-state index in [1.165, 1.54) is 5.56 Å². The molecule has 0 atom stereocenters. The average molecular weight is 455 g/mol. The van der Waals surface area contributed by atoms with Gasteiger partial charge in [-0.2, -0.15) is 0 Å². The number of carbonyl (C=O) groups excluding carboxylic acids is 2. The van der Waals surface area contributed by atoms with Gasteiger partial charge in [0, 0.05) is 37.3 Å². The molecule has 0 aliphatic carbocycles. The topological polar surface area (TPSA) is 49.9 Å². The normalized spacial score (nSPS) is 13.7. The molecule has 0 saturated carbocycles. The van der Waals surface area contributed by atoms with Gasteiger partial charge in [-0.25, -0.2) is 4.79 Å². The van der Waals surface area contributed by atoms with E-state index in [0.717, 1.165) is 23.1 Å². The van der Waals surface area contributed by atoms with Gasteiger partial charge < -0.3 is 14.5 Å². The second-order valence-electron chi connectivity index (χ2n) is 8.91. The van der Waals surface area contributed by atoms with Gasteiger partial charge >= 0.3 is 6.09 Å². The van der Waals surface area contributed by atoms with Crippen LogP contribution in [-0.4, -0.2) is 40.5 Å². The quantitative estimate of drug-likeness (QED) is 0.545. The van der Waals surface area contributed by atoms with Crippen molar-refractivity contribution in [2.75, 3.05) is 13.1 Å². The van der Waals surface area contributed by atoms with Gasteiger partial charge in [-0.05, 0) is 68.5 Å². The molecular formula is C26H31ClN2O3. The molecule has 1 aliphatic rings. The smallest absolute Gasteiger partial charge is 0.410 e. The van der Waals surface area contributed by atoms with Gasteiger partial charge in [0.1, 0.15) is 5.60 Å². The molecule has 0 fully saturated rings. The molecule has 1 aliphatic heterocycles. The lowest BCUT2D eigenvalue weighted by atomic mass is 9.94. The van der Waals surface area contributed by atoms with Crippen molar-refractivity contribution in [2.45, 2.75) is 52.8 Å². The van der Waals surface area contributed by atoms with Gasteiger partial charge in [0.25, 0.3) is 0 Å². The van der Waals surface area contributed by atoms with Gasteiger partial charge in [-0.3, -0.25) is 4.79 Å². The molecule has 0 radical (unpaired) electrons. The molecular weight excluding hydrogens is 424 g/mol. The molecule has 2 amide bonds. The summed E-state index contributed by atoms with van der Waals surface area (Å²) in [6.45, 7) is 9.72. The van der Waals surface area contributed by atoms with Crippen molar-refractivity contribution >= 4 is 29.7 Å². The van der Waals surface area contributed by atoms with Crippen LogP contribution in [0, 0.1) is 0 Å². The monoisotopic (exact) mass is 454 g/mol. The molecule has 2 aromatic carbocycles. The first-order valence-electron chi connectivity index (χ1n) is 11.0. The van der Waals surface area contributed by atoms with Crippen molar-refractivity contribution in [3.8, 4) is 0 Å². The summed E-state index contributed by atoms with van der Waals surface area (Å²) < 4.78 is 5.51. The summed E-state index contributed by atoms with van der Waals surface area (Å²) in [4.78, 5) is 28.8. The number of hydrogen-bond acceptors (Lipinski definition) is 3. The number of hydrogen-bond donors (Lipinski definition) is 0. The second-order valence-corrected chi connectivity index (χ2v) is 9.32. The summed E-state index contributed by atoms with van der Waals surface area (Å²) in [7, 11) is 0. The van der Waals surface area contributed by atoms with Crippen LogP contribution < -0.4 is 0 Å². The van der Waals surface area contributed by atoms with Crippen LogP contribution in [0.15, 0.2) is 48.5 Å². The van der Waals surface area contributed by atoms with E-state index in [-0.39, 0.29) is 12.0 Å². The maximum absolute atomic E-state index is 12.8. The molecule has 0 aromatic heterocycles.